The van der Waals surface area contributed by atoms with Gasteiger partial charge in [0.15, 0.2) is 11.3 Å². The van der Waals surface area contributed by atoms with Crippen LogP contribution in [-0.2, 0) is 0 Å². The highest BCUT2D eigenvalue weighted by Gasteiger charge is 2.30. The number of hydrogen-bond acceptors (Lipinski definition) is 34. The average molecular weight is 2150 g/mol. The molecule has 702 valence electrons. The summed E-state index contributed by atoms with van der Waals surface area (Å²) in [6, 6.07) is 51.9. The van der Waals surface area contributed by atoms with Crippen LogP contribution >= 0.6 is 181 Å². The lowest BCUT2D eigenvalue weighted by molar-refractivity contribution is 0.112. The zero-order valence-electron chi connectivity index (χ0n) is 73.9. The molecule has 0 spiro atoms. The normalized spacial score (nSPS) is 13.5. The van der Waals surface area contributed by atoms with Crippen LogP contribution in [0.25, 0.3) is 182 Å². The van der Waals surface area contributed by atoms with Gasteiger partial charge in [0.1, 0.15) is 53.3 Å². The molecule has 0 N–H and O–H groups in total. The van der Waals surface area contributed by atoms with Gasteiger partial charge in [-0.2, -0.15) is 0 Å². The van der Waals surface area contributed by atoms with Gasteiger partial charge < -0.3 is 4.74 Å². The number of ether oxygens (including phenoxy) is 1. The molecule has 8 aromatic carbocycles. The van der Waals surface area contributed by atoms with Crippen LogP contribution in [0.15, 0.2) is 247 Å². The lowest BCUT2D eigenvalue weighted by Gasteiger charge is -2.03. The van der Waals surface area contributed by atoms with Crippen molar-refractivity contribution in [2.24, 2.45) is 79.9 Å². The lowest BCUT2D eigenvalue weighted by Crippen LogP contribution is -2.30. The second-order valence-electron chi connectivity index (χ2n) is 33.4. The van der Waals surface area contributed by atoms with Crippen molar-refractivity contribution < 1.29 is 9.53 Å². The molecule has 0 amide bonds. The summed E-state index contributed by atoms with van der Waals surface area (Å²) in [6.45, 7) is 16.8. The van der Waals surface area contributed by atoms with Gasteiger partial charge in [0.25, 0.3) is 0 Å². The highest BCUT2D eigenvalue weighted by molar-refractivity contribution is 7.31. The second kappa shape index (κ2) is 37.5. The van der Waals surface area contributed by atoms with Crippen molar-refractivity contribution in [2.45, 2.75) is 71.2 Å². The minimum Gasteiger partial charge on any atom is -0.487 e. The number of carbonyl (C=O) groups is 1. The van der Waals surface area contributed by atoms with E-state index in [0.717, 1.165) is 138 Å². The number of hydrogen-bond donors (Lipinski definition) is 0. The van der Waals surface area contributed by atoms with Crippen molar-refractivity contribution in [2.75, 3.05) is 60.5 Å². The van der Waals surface area contributed by atoms with E-state index in [9.17, 15) is 4.79 Å². The Morgan fingerprint density at radius 3 is 0.683 bits per heavy atom. The molecule has 0 atom stereocenters. The van der Waals surface area contributed by atoms with Crippen LogP contribution in [0.4, 0.5) is 0 Å². The van der Waals surface area contributed by atoms with E-state index in [1.165, 1.54) is 187 Å². The SMILES string of the molecule is C.C.C.C.COc1ccc(-c2cc3c4c(c5c6sc(-c7ccc(C=O)s7)cc6c6c(c5c3s2)=NCN=6)=NCN=4)s1.Cc1cc2c3c(c4c5sc(C)cc5c5c(c4c2s1)=NCN=5)=NCN=3.Cc1ccc(-c2cc3c4c(c5c6sc(-c7ccc(C)s7)cc6c6c(c5c3s2)=NCN=6)=NCN=4)s1.Cc1cccs1.Cc1cccs1.c1csc(-c2cc3c4c(c5c6sc(-c7cccs7)cc6c6c(c5c3s2)=NCN=6)=NCN=4)c1. The predicted octanol–water partition coefficient (Wildman–Crippen LogP) is 24.8. The molecule has 0 aliphatic carbocycles. The summed E-state index contributed by atoms with van der Waals surface area (Å²) in [5, 5.41) is 44.6. The third-order valence-electron chi connectivity index (χ3n) is 25.1. The van der Waals surface area contributed by atoms with E-state index in [2.05, 4.69) is 200 Å². The molecule has 18 nitrogen and oxygen atoms in total. The maximum atomic E-state index is 11.3. The third kappa shape index (κ3) is 15.3. The summed E-state index contributed by atoms with van der Waals surface area (Å²) >= 11 is 28.5. The van der Waals surface area contributed by atoms with Gasteiger partial charge in [0.2, 0.25) is 0 Å². The van der Waals surface area contributed by atoms with Crippen LogP contribution in [0.5, 0.6) is 5.06 Å². The largest absolute Gasteiger partial charge is 0.487 e. The maximum absolute atomic E-state index is 11.3. The highest BCUT2D eigenvalue weighted by Crippen LogP contribution is 2.48. The number of carbonyl (C=O) groups excluding carboxylic acids is 1. The fraction of sp³-hybridized carbons (Fsp3) is 0.176. The first-order chi connectivity index (χ1) is 67.8. The van der Waals surface area contributed by atoms with Gasteiger partial charge in [-0.1, -0.05) is 65.3 Å². The average Bonchev–Trinajstić information content (AvgIpc) is 1.55. The summed E-state index contributed by atoms with van der Waals surface area (Å²) in [6.07, 6.45) is 0.907. The number of thiophene rings is 16. The molecular weight excluding hydrogens is 2070 g/mol. The molecular formula is C108H82N16O2S16. The van der Waals surface area contributed by atoms with E-state index in [-0.39, 0.29) is 29.7 Å². The predicted molar refractivity (Wildman–Crippen MR) is 612 cm³/mol. The van der Waals surface area contributed by atoms with Crippen molar-refractivity contribution in [3.05, 3.63) is 287 Å². The van der Waals surface area contributed by atoms with Crippen molar-refractivity contribution in [1.82, 2.24) is 0 Å². The Labute approximate surface area is 873 Å². The number of fused-ring (bicyclic) bond motifs is 44. The van der Waals surface area contributed by atoms with Gasteiger partial charge in [0.05, 0.1) is 97.7 Å². The number of rotatable bonds is 8. The molecule has 0 radical (unpaired) electrons. The molecule has 32 rings (SSSR count). The minimum absolute atomic E-state index is 0. The first-order valence-electron chi connectivity index (χ1n) is 44.0. The smallest absolute Gasteiger partial charge is 0.173 e. The molecule has 24 aromatic rings. The van der Waals surface area contributed by atoms with Gasteiger partial charge >= 0.3 is 0 Å². The molecule has 0 fully saturated rings. The van der Waals surface area contributed by atoms with E-state index in [4.69, 9.17) is 74.6 Å². The molecule has 24 heterocycles. The minimum atomic E-state index is 0. The van der Waals surface area contributed by atoms with E-state index in [1.54, 1.807) is 86.5 Å². The fourth-order valence-corrected chi connectivity index (χ4v) is 35.2. The number of aryl methyl sites for hydroxylation is 6. The molecule has 8 aliphatic rings. The van der Waals surface area contributed by atoms with Crippen molar-refractivity contribution in [3.63, 3.8) is 0 Å². The molecule has 0 saturated heterocycles. The molecule has 16 aromatic heterocycles. The number of benzene rings is 8. The lowest BCUT2D eigenvalue weighted by atomic mass is 10.0. The van der Waals surface area contributed by atoms with Crippen LogP contribution in [0.1, 0.15) is 68.6 Å². The van der Waals surface area contributed by atoms with E-state index in [1.807, 2.05) is 109 Å². The van der Waals surface area contributed by atoms with Gasteiger partial charge in [-0.05, 0) is 184 Å². The Balaban J connectivity index is 0.000000101. The Morgan fingerprint density at radius 1 is 0.218 bits per heavy atom. The summed E-state index contributed by atoms with van der Waals surface area (Å²) in [5.74, 6) is 0. The first kappa shape index (κ1) is 94.0. The number of aldehydes is 1. The van der Waals surface area contributed by atoms with Crippen molar-refractivity contribution in [3.8, 4) is 63.6 Å². The Kier molecular flexibility index (Phi) is 24.8. The van der Waals surface area contributed by atoms with Crippen LogP contribution in [0.2, 0.25) is 0 Å². The maximum Gasteiger partial charge on any atom is 0.173 e. The topological polar surface area (TPSA) is 224 Å². The van der Waals surface area contributed by atoms with Crippen LogP contribution in [0, 0.1) is 41.5 Å². The monoisotopic (exact) mass is 2150 g/mol. The molecule has 0 unspecified atom stereocenters. The highest BCUT2D eigenvalue weighted by atomic mass is 32.2. The van der Waals surface area contributed by atoms with E-state index < -0.39 is 0 Å². The van der Waals surface area contributed by atoms with Crippen molar-refractivity contribution in [1.29, 1.82) is 0 Å². The standard InChI is InChI=1S/C26H14N4O2S4.C26H16N4S4.C24H12N4S4.C18H12N4S2.2C5H6S.4CH4/c1-32-18-5-4-15(34-18)17-7-13-22-23(29-10-28-22)19-20(26(13)36-17)24-21(27-9-30-24)12-6-16(35-25(12)19)14-3-2-11(8-31)33-14;1-11-3-5-15(31-11)17-7-13-21-24(30-9-27-21)20-19(25(13)33-17)23-22(28-10-29-23)14-8-18(34-26(14)20)16-6-4-12(2)32-16;1-3-13(29-5-1)15-7-11-19-22(28-9-25-19)18-17(23(11)31-15)21-20(26-10-27-21)12-8-16(32-24(12)18)14-4-2-6-30-14;1-7-3-9-13-16(22-5-19-13)12-11(17(9)23-7)15-14(20-6-21-15)10-4-8(2)24-18(10)12;2*1-5-3-2-4-6-5;;;;/h2-8H,9-10H2,1H3;3-8H,9-10H2,1-2H3;1-8H,9-10H2;3-4H,5-6H2,1-2H3;2*2-4H,1H3;4*1H4. The molecule has 0 saturated carbocycles. The van der Waals surface area contributed by atoms with Gasteiger partial charge in [0, 0.05) is 212 Å². The van der Waals surface area contributed by atoms with E-state index >= 15 is 0 Å². The Morgan fingerprint density at radius 2 is 0.458 bits per heavy atom. The molecule has 34 heteroatoms. The van der Waals surface area contributed by atoms with Gasteiger partial charge in [-0.15, -0.1) is 170 Å². The summed E-state index contributed by atoms with van der Waals surface area (Å²) < 4.78 is 15.4. The van der Waals surface area contributed by atoms with Crippen LogP contribution < -0.4 is 90.5 Å². The third-order valence-corrected chi connectivity index (χ3v) is 42.8. The molecule has 142 heavy (non-hydrogen) atoms. The Bertz CT molecular complexity index is 10200. The van der Waals surface area contributed by atoms with Gasteiger partial charge in [-0.3, -0.25) is 84.7 Å². The Hall–Kier alpha value is -11.7. The van der Waals surface area contributed by atoms with E-state index in [0.29, 0.717) is 53.3 Å². The molecule has 8 aliphatic heterocycles. The summed E-state index contributed by atoms with van der Waals surface area (Å²) in [7, 11) is 1.70. The number of methoxy groups -OCH3 is 1. The zero-order chi connectivity index (χ0) is 92.1. The quantitative estimate of drug-likeness (QED) is 0.135. The fourth-order valence-electron chi connectivity index (χ4n) is 19.4. The van der Waals surface area contributed by atoms with Crippen LogP contribution in [0.3, 0.4) is 0 Å². The summed E-state index contributed by atoms with van der Waals surface area (Å²) in [5.41, 5.74) is 0. The van der Waals surface area contributed by atoms with Gasteiger partial charge in [-0.25, -0.2) is 0 Å². The molecule has 0 bridgehead atoms. The number of nitrogens with zero attached hydrogens (tertiary/aromatic N) is 16. The second-order valence-corrected chi connectivity index (χ2v) is 51.2. The van der Waals surface area contributed by atoms with Crippen molar-refractivity contribution >= 4 is 311 Å². The summed E-state index contributed by atoms with van der Waals surface area (Å²) in [4.78, 5) is 112. The zero-order valence-corrected chi connectivity index (χ0v) is 87.0. The first-order valence-corrected chi connectivity index (χ1v) is 57.3. The van der Waals surface area contributed by atoms with Crippen LogP contribution in [-0.4, -0.2) is 66.7 Å².